The lowest BCUT2D eigenvalue weighted by molar-refractivity contribution is 0.757. The van der Waals surface area contributed by atoms with Gasteiger partial charge in [0.15, 0.2) is 0 Å². The van der Waals surface area contributed by atoms with Gasteiger partial charge in [0.1, 0.15) is 0 Å². The second-order valence-electron chi connectivity index (χ2n) is 3.53. The van der Waals surface area contributed by atoms with Crippen LogP contribution in [0.25, 0.3) is 0 Å². The quantitative estimate of drug-likeness (QED) is 0.370. The maximum absolute atomic E-state index is 7.39. The molecule has 0 aliphatic rings. The molecule has 0 aliphatic heterocycles. The van der Waals surface area contributed by atoms with E-state index in [1.165, 1.54) is 37.7 Å². The zero-order chi connectivity index (χ0) is 10.8. The Balaban J connectivity index is 3.94. The van der Waals surface area contributed by atoms with Crippen LogP contribution < -0.4 is 0 Å². The average molecular weight is 181 g/mol. The molecule has 0 heteroatoms. The molecule has 0 aromatic rings. The van der Waals surface area contributed by atoms with E-state index in [-0.39, 0.29) is 0 Å². The highest BCUT2D eigenvalue weighted by molar-refractivity contribution is 5.06. The van der Waals surface area contributed by atoms with Crippen molar-refractivity contribution in [2.24, 2.45) is 0 Å². The van der Waals surface area contributed by atoms with Crippen molar-refractivity contribution in [3.63, 3.8) is 0 Å². The predicted molar refractivity (Wildman–Crippen MR) is 61.9 cm³/mol. The third-order valence-electron chi connectivity index (χ3n) is 2.19. The van der Waals surface area contributed by atoms with Crippen LogP contribution in [-0.4, -0.2) is 0 Å². The first-order valence-corrected chi connectivity index (χ1v) is 5.53. The smallest absolute Gasteiger partial charge is 0.0573 e. The molecule has 0 aromatic heterocycles. The fraction of sp³-hybridized carbons (Fsp3) is 0.692. The molecule has 0 nitrogen and oxygen atoms in total. The van der Waals surface area contributed by atoms with Gasteiger partial charge in [0.25, 0.3) is 0 Å². The van der Waals surface area contributed by atoms with Crippen molar-refractivity contribution in [2.45, 2.75) is 58.8 Å². The molecule has 0 amide bonds. The molecule has 0 spiro atoms. The summed E-state index contributed by atoms with van der Waals surface area (Å²) >= 11 is 0. The normalized spacial score (nSPS) is 12.8. The van der Waals surface area contributed by atoms with Crippen LogP contribution in [0.1, 0.15) is 60.2 Å². The van der Waals surface area contributed by atoms with Crippen molar-refractivity contribution in [1.29, 1.82) is 0 Å². The Kier molecular flexibility index (Phi) is 7.77. The molecule has 0 rings (SSSR count). The lowest BCUT2D eigenvalue weighted by Crippen LogP contribution is -1.83. The van der Waals surface area contributed by atoms with E-state index in [2.05, 4.69) is 26.5 Å². The monoisotopic (exact) mass is 181 g/mol. The van der Waals surface area contributed by atoms with Gasteiger partial charge in [0.2, 0.25) is 0 Å². The Morgan fingerprint density at radius 2 is 2.00 bits per heavy atom. The summed E-state index contributed by atoms with van der Waals surface area (Å²) in [6.45, 7) is 8.08. The van der Waals surface area contributed by atoms with Gasteiger partial charge in [-0.1, -0.05) is 50.8 Å². The summed E-state index contributed by atoms with van der Waals surface area (Å²) in [5.74, 6) is 0. The van der Waals surface area contributed by atoms with Gasteiger partial charge in [-0.25, -0.2) is 0 Å². The maximum atomic E-state index is 7.39. The molecule has 0 unspecified atom stereocenters. The molecule has 0 aromatic carbocycles. The van der Waals surface area contributed by atoms with E-state index in [4.69, 9.17) is 1.37 Å². The molecule has 13 heavy (non-hydrogen) atoms. The summed E-state index contributed by atoms with van der Waals surface area (Å²) in [6.07, 6.45) is 10.4. The third-order valence-corrected chi connectivity index (χ3v) is 2.19. The van der Waals surface area contributed by atoms with Crippen LogP contribution in [0.5, 0.6) is 0 Å². The van der Waals surface area contributed by atoms with Crippen molar-refractivity contribution >= 4 is 0 Å². The van der Waals surface area contributed by atoms with E-state index in [1.54, 1.807) is 0 Å². The van der Waals surface area contributed by atoms with Crippen molar-refractivity contribution < 1.29 is 1.37 Å². The zero-order valence-electron chi connectivity index (χ0n) is 10.2. The van der Waals surface area contributed by atoms with E-state index in [0.29, 0.717) is 6.05 Å². The van der Waals surface area contributed by atoms with E-state index in [0.717, 1.165) is 12.8 Å². The van der Waals surface area contributed by atoms with Gasteiger partial charge in [-0.05, 0) is 25.7 Å². The predicted octanol–water partition coefficient (Wildman–Crippen LogP) is 4.87. The summed E-state index contributed by atoms with van der Waals surface area (Å²) in [5.41, 5.74) is 1.42. The fourth-order valence-electron chi connectivity index (χ4n) is 1.34. The molecular weight excluding hydrogens is 156 g/mol. The molecule has 76 valence electrons. The molecule has 0 heterocycles. The van der Waals surface area contributed by atoms with Crippen molar-refractivity contribution in [2.75, 3.05) is 0 Å². The fourth-order valence-corrected chi connectivity index (χ4v) is 1.34. The molecule has 0 bridgehead atoms. The highest BCUT2D eigenvalue weighted by atomic mass is 14.0. The van der Waals surface area contributed by atoms with Gasteiger partial charge in [-0.15, -0.1) is 6.58 Å². The number of unbranched alkanes of at least 4 members (excludes halogenated alkanes) is 3. The Labute approximate surface area is 85.1 Å². The summed E-state index contributed by atoms with van der Waals surface area (Å²) < 4.78 is 7.39. The number of hydrogen-bond donors (Lipinski definition) is 0. The number of hydrogen-bond acceptors (Lipinski definition) is 0. The highest BCUT2D eigenvalue weighted by Gasteiger charge is 1.93. The van der Waals surface area contributed by atoms with Crippen molar-refractivity contribution in [3.05, 3.63) is 24.3 Å². The molecule has 0 saturated carbocycles. The minimum absolute atomic E-state index is 0.545. The molecule has 0 saturated heterocycles. The van der Waals surface area contributed by atoms with Crippen LogP contribution in [0.4, 0.5) is 0 Å². The molecular formula is C13H24. The van der Waals surface area contributed by atoms with Gasteiger partial charge in [0, 0.05) is 0 Å². The Hall–Kier alpha value is -0.520. The first kappa shape index (κ1) is 10.6. The SMILES string of the molecule is [2H]C(=C)C/C(=C/CCCC)CCCC. The summed E-state index contributed by atoms with van der Waals surface area (Å²) in [4.78, 5) is 0. The molecule has 0 radical (unpaired) electrons. The van der Waals surface area contributed by atoms with Crippen molar-refractivity contribution in [3.8, 4) is 0 Å². The van der Waals surface area contributed by atoms with E-state index < -0.39 is 0 Å². The van der Waals surface area contributed by atoms with Crippen LogP contribution in [0.2, 0.25) is 0 Å². The second-order valence-corrected chi connectivity index (χ2v) is 3.53. The summed E-state index contributed by atoms with van der Waals surface area (Å²) in [6, 6.07) is 0.545. The van der Waals surface area contributed by atoms with Crippen LogP contribution in [0.15, 0.2) is 24.3 Å². The zero-order valence-corrected chi connectivity index (χ0v) is 9.23. The Morgan fingerprint density at radius 1 is 1.31 bits per heavy atom. The van der Waals surface area contributed by atoms with Gasteiger partial charge in [-0.3, -0.25) is 0 Å². The van der Waals surface area contributed by atoms with Gasteiger partial charge in [0.05, 0.1) is 1.37 Å². The summed E-state index contributed by atoms with van der Waals surface area (Å²) in [5, 5.41) is 0. The first-order valence-electron chi connectivity index (χ1n) is 6.03. The first-order chi connectivity index (χ1) is 6.70. The van der Waals surface area contributed by atoms with E-state index >= 15 is 0 Å². The standard InChI is InChI=1S/C13H24/c1-4-7-9-12-13(10-6-3)11-8-5-2/h6,12H,3-5,7-11H2,1-2H3/b13-12-/i6D. The minimum Gasteiger partial charge on any atom is -0.103 e. The molecule has 0 aliphatic carbocycles. The lowest BCUT2D eigenvalue weighted by Gasteiger charge is -2.03. The van der Waals surface area contributed by atoms with E-state index in [1.807, 2.05) is 0 Å². The van der Waals surface area contributed by atoms with Crippen molar-refractivity contribution in [1.82, 2.24) is 0 Å². The highest BCUT2D eigenvalue weighted by Crippen LogP contribution is 2.13. The Morgan fingerprint density at radius 3 is 2.54 bits per heavy atom. The number of rotatable bonds is 8. The van der Waals surface area contributed by atoms with Crippen LogP contribution in [0, 0.1) is 0 Å². The maximum Gasteiger partial charge on any atom is 0.0573 e. The van der Waals surface area contributed by atoms with Crippen LogP contribution in [-0.2, 0) is 0 Å². The van der Waals surface area contributed by atoms with E-state index in [9.17, 15) is 0 Å². The molecule has 0 atom stereocenters. The summed E-state index contributed by atoms with van der Waals surface area (Å²) in [7, 11) is 0. The lowest BCUT2D eigenvalue weighted by atomic mass is 10.0. The Bertz CT molecular complexity index is 180. The van der Waals surface area contributed by atoms with Crippen LogP contribution in [0.3, 0.4) is 0 Å². The largest absolute Gasteiger partial charge is 0.103 e. The molecule has 0 fully saturated rings. The topological polar surface area (TPSA) is 0 Å². The number of allylic oxidation sites excluding steroid dienone is 3. The average Bonchev–Trinajstić information content (AvgIpc) is 2.13. The molecule has 0 N–H and O–H groups in total. The second kappa shape index (κ2) is 9.57. The van der Waals surface area contributed by atoms with Gasteiger partial charge < -0.3 is 0 Å². The van der Waals surface area contributed by atoms with Gasteiger partial charge >= 0.3 is 0 Å². The van der Waals surface area contributed by atoms with Gasteiger partial charge in [-0.2, -0.15) is 0 Å². The minimum atomic E-state index is 0.545. The third kappa shape index (κ3) is 7.83. The van der Waals surface area contributed by atoms with Crippen LogP contribution >= 0.6 is 0 Å².